The van der Waals surface area contributed by atoms with Crippen LogP contribution in [0.4, 0.5) is 0 Å². The summed E-state index contributed by atoms with van der Waals surface area (Å²) in [6.45, 7) is 0.557. The molecule has 1 aliphatic rings. The van der Waals surface area contributed by atoms with Crippen LogP contribution in [0.5, 0.6) is 5.75 Å². The van der Waals surface area contributed by atoms with Gasteiger partial charge in [0.2, 0.25) is 0 Å². The molecule has 0 bridgehead atoms. The van der Waals surface area contributed by atoms with Gasteiger partial charge >= 0.3 is 0 Å². The van der Waals surface area contributed by atoms with Crippen molar-refractivity contribution in [2.75, 3.05) is 0 Å². The van der Waals surface area contributed by atoms with Gasteiger partial charge in [0.05, 0.1) is 16.6 Å². The monoisotopic (exact) mass is 452 g/mol. The van der Waals surface area contributed by atoms with E-state index in [2.05, 4.69) is 9.88 Å². The van der Waals surface area contributed by atoms with Crippen LogP contribution in [0.1, 0.15) is 26.3 Å². The molecule has 0 unspecified atom stereocenters. The summed E-state index contributed by atoms with van der Waals surface area (Å²) in [5.41, 5.74) is 4.65. The van der Waals surface area contributed by atoms with Gasteiger partial charge in [-0.2, -0.15) is 0 Å². The first kappa shape index (κ1) is 19.6. The number of phenolic OH excluding ortho intramolecular Hbond substituents is 1. The molecule has 0 saturated heterocycles. The topological polar surface area (TPSA) is 71.3 Å². The van der Waals surface area contributed by atoms with Gasteiger partial charge in [-0.15, -0.1) is 0 Å². The van der Waals surface area contributed by atoms with Crippen LogP contribution in [0.3, 0.4) is 0 Å². The third-order valence-electron chi connectivity index (χ3n) is 6.17. The van der Waals surface area contributed by atoms with Gasteiger partial charge in [-0.3, -0.25) is 14.9 Å². The number of aromatic nitrogens is 1. The summed E-state index contributed by atoms with van der Waals surface area (Å²) in [4.78, 5) is 25.9. The minimum Gasteiger partial charge on any atom is -0.508 e. The number of halogens is 1. The van der Waals surface area contributed by atoms with Gasteiger partial charge in [0.1, 0.15) is 5.75 Å². The number of rotatable bonds is 3. The Labute approximate surface area is 193 Å². The predicted molar refractivity (Wildman–Crippen MR) is 129 cm³/mol. The lowest BCUT2D eigenvalue weighted by Crippen LogP contribution is -2.20. The second-order valence-corrected chi connectivity index (χ2v) is 8.51. The Morgan fingerprint density at radius 1 is 0.788 bits per heavy atom. The van der Waals surface area contributed by atoms with Gasteiger partial charge in [0, 0.05) is 33.4 Å². The number of phenols is 1. The Bertz CT molecular complexity index is 1620. The van der Waals surface area contributed by atoms with Crippen LogP contribution in [-0.4, -0.2) is 21.5 Å². The van der Waals surface area contributed by atoms with Crippen LogP contribution < -0.4 is 5.32 Å². The van der Waals surface area contributed by atoms with E-state index in [1.54, 1.807) is 18.2 Å². The Morgan fingerprint density at radius 3 is 2.30 bits per heavy atom. The summed E-state index contributed by atoms with van der Waals surface area (Å²) in [6.07, 6.45) is 0. The first-order valence-electron chi connectivity index (χ1n) is 10.5. The molecular formula is C27H17ClN2O3. The third-order valence-corrected chi connectivity index (χ3v) is 6.50. The largest absolute Gasteiger partial charge is 0.508 e. The second-order valence-electron chi connectivity index (χ2n) is 8.10. The molecular weight excluding hydrogens is 436 g/mol. The fourth-order valence-corrected chi connectivity index (χ4v) is 5.00. The van der Waals surface area contributed by atoms with Gasteiger partial charge in [0.15, 0.2) is 0 Å². The lowest BCUT2D eigenvalue weighted by Gasteiger charge is -2.12. The molecule has 0 radical (unpaired) electrons. The molecule has 160 valence electrons. The lowest BCUT2D eigenvalue weighted by molar-refractivity contribution is 0.0880. The quantitative estimate of drug-likeness (QED) is 0.342. The lowest BCUT2D eigenvalue weighted by atomic mass is 9.93. The molecule has 2 heterocycles. The maximum absolute atomic E-state index is 13.0. The molecule has 6 heteroatoms. The van der Waals surface area contributed by atoms with Crippen LogP contribution in [0.25, 0.3) is 32.9 Å². The number of nitrogens with zero attached hydrogens (tertiary/aromatic N) is 1. The average Bonchev–Trinajstić information content (AvgIpc) is 3.27. The fraction of sp³-hybridized carbons (Fsp3) is 0.0370. The Balaban J connectivity index is 1.78. The van der Waals surface area contributed by atoms with E-state index in [4.69, 9.17) is 11.6 Å². The van der Waals surface area contributed by atoms with E-state index in [0.29, 0.717) is 44.6 Å². The summed E-state index contributed by atoms with van der Waals surface area (Å²) < 4.78 is 2.11. The molecule has 33 heavy (non-hydrogen) atoms. The first-order chi connectivity index (χ1) is 16.0. The molecule has 5 nitrogen and oxygen atoms in total. The molecule has 1 aromatic heterocycles. The number of hydrogen-bond donors (Lipinski definition) is 2. The predicted octanol–water partition coefficient (Wildman–Crippen LogP) is 5.75. The van der Waals surface area contributed by atoms with Crippen molar-refractivity contribution >= 4 is 45.2 Å². The minimum absolute atomic E-state index is 0.0925. The van der Waals surface area contributed by atoms with Gasteiger partial charge in [-0.25, -0.2) is 0 Å². The number of fused-ring (bicyclic) bond motifs is 5. The van der Waals surface area contributed by atoms with Crippen LogP contribution in [0.2, 0.25) is 5.02 Å². The molecule has 0 spiro atoms. The highest BCUT2D eigenvalue weighted by atomic mass is 35.5. The van der Waals surface area contributed by atoms with Crippen molar-refractivity contribution < 1.29 is 14.7 Å². The summed E-state index contributed by atoms with van der Waals surface area (Å²) >= 11 is 6.51. The van der Waals surface area contributed by atoms with Crippen molar-refractivity contribution in [1.82, 2.24) is 9.88 Å². The molecule has 0 saturated carbocycles. The van der Waals surface area contributed by atoms with E-state index >= 15 is 0 Å². The average molecular weight is 453 g/mol. The van der Waals surface area contributed by atoms with Crippen LogP contribution in [-0.2, 0) is 6.54 Å². The number of hydrogen-bond acceptors (Lipinski definition) is 3. The van der Waals surface area contributed by atoms with E-state index in [1.165, 1.54) is 0 Å². The molecule has 0 aliphatic carbocycles. The molecule has 0 atom stereocenters. The summed E-state index contributed by atoms with van der Waals surface area (Å²) in [5.74, 6) is -0.804. The highest BCUT2D eigenvalue weighted by Crippen LogP contribution is 2.42. The molecule has 5 aromatic rings. The molecule has 6 rings (SSSR count). The number of nitrogens with one attached hydrogen (secondary N) is 1. The number of imide groups is 1. The zero-order valence-electron chi connectivity index (χ0n) is 17.3. The Hall–Kier alpha value is -4.09. The van der Waals surface area contributed by atoms with E-state index in [9.17, 15) is 14.7 Å². The second kappa shape index (κ2) is 7.22. The first-order valence-corrected chi connectivity index (χ1v) is 10.9. The molecule has 1 aliphatic heterocycles. The van der Waals surface area contributed by atoms with Crippen molar-refractivity contribution in [3.8, 4) is 16.9 Å². The molecule has 2 amide bonds. The number of aromatic hydroxyl groups is 1. The molecule has 4 aromatic carbocycles. The number of benzene rings is 4. The fourth-order valence-electron chi connectivity index (χ4n) is 4.76. The van der Waals surface area contributed by atoms with E-state index in [1.807, 2.05) is 60.7 Å². The molecule has 0 fully saturated rings. The zero-order chi connectivity index (χ0) is 22.7. The standard InChI is InChI=1S/C27H17ClN2O3/c28-20-9-5-4-8-17(20)18-13-22-23(25-24(18)26(32)29-27(25)33)19-12-16(31)10-11-21(19)30(22)14-15-6-2-1-3-7-15/h1-13,31H,14H2,(H,29,32,33). The van der Waals surface area contributed by atoms with Crippen LogP contribution in [0, 0.1) is 0 Å². The maximum atomic E-state index is 13.0. The Kier molecular flexibility index (Phi) is 4.28. The van der Waals surface area contributed by atoms with Gasteiger partial charge in [0.25, 0.3) is 11.8 Å². The maximum Gasteiger partial charge on any atom is 0.259 e. The van der Waals surface area contributed by atoms with Crippen molar-refractivity contribution in [3.63, 3.8) is 0 Å². The SMILES string of the molecule is O=C1NC(=O)c2c1c(-c1ccccc1Cl)cc1c2c2cc(O)ccc2n1Cc1ccccc1. The van der Waals surface area contributed by atoms with Crippen LogP contribution >= 0.6 is 11.6 Å². The zero-order valence-corrected chi connectivity index (χ0v) is 18.1. The third kappa shape index (κ3) is 2.93. The summed E-state index contributed by atoms with van der Waals surface area (Å²) in [6, 6.07) is 24.3. The number of amides is 2. The van der Waals surface area contributed by atoms with Gasteiger partial charge < -0.3 is 9.67 Å². The highest BCUT2D eigenvalue weighted by Gasteiger charge is 2.35. The van der Waals surface area contributed by atoms with E-state index in [0.717, 1.165) is 16.6 Å². The van der Waals surface area contributed by atoms with E-state index < -0.39 is 11.8 Å². The van der Waals surface area contributed by atoms with E-state index in [-0.39, 0.29) is 5.75 Å². The normalized spacial score (nSPS) is 13.0. The summed E-state index contributed by atoms with van der Waals surface area (Å²) in [5, 5.41) is 14.5. The minimum atomic E-state index is -0.448. The van der Waals surface area contributed by atoms with Crippen molar-refractivity contribution in [2.45, 2.75) is 6.54 Å². The van der Waals surface area contributed by atoms with Crippen molar-refractivity contribution in [1.29, 1.82) is 0 Å². The van der Waals surface area contributed by atoms with Crippen LogP contribution in [0.15, 0.2) is 78.9 Å². The highest BCUT2D eigenvalue weighted by molar-refractivity contribution is 6.36. The summed E-state index contributed by atoms with van der Waals surface area (Å²) in [7, 11) is 0. The van der Waals surface area contributed by atoms with Gasteiger partial charge in [-0.05, 0) is 41.5 Å². The Morgan fingerprint density at radius 2 is 1.52 bits per heavy atom. The number of carbonyl (C=O) groups excluding carboxylic acids is 2. The van der Waals surface area contributed by atoms with Gasteiger partial charge in [-0.1, -0.05) is 60.1 Å². The van der Waals surface area contributed by atoms with Crippen molar-refractivity contribution in [2.24, 2.45) is 0 Å². The number of carbonyl (C=O) groups is 2. The smallest absolute Gasteiger partial charge is 0.259 e. The van der Waals surface area contributed by atoms with Crippen molar-refractivity contribution in [3.05, 3.63) is 101 Å². The molecule has 2 N–H and O–H groups in total.